The topological polar surface area (TPSA) is 182 Å². The lowest BCUT2D eigenvalue weighted by atomic mass is 10.1. The summed E-state index contributed by atoms with van der Waals surface area (Å²) in [5, 5.41) is 8.11. The first-order chi connectivity index (χ1) is 19.7. The quantitative estimate of drug-likeness (QED) is 0.160. The number of halogens is 1. The molecule has 5 aromatic rings. The molecular weight excluding hydrogens is 560 g/mol. The summed E-state index contributed by atoms with van der Waals surface area (Å²) in [4.78, 5) is 61.3. The van der Waals surface area contributed by atoms with Crippen molar-refractivity contribution in [1.29, 1.82) is 0 Å². The van der Waals surface area contributed by atoms with Crippen molar-refractivity contribution in [2.24, 2.45) is 0 Å². The van der Waals surface area contributed by atoms with E-state index in [0.29, 0.717) is 13.1 Å². The molecule has 1 aliphatic heterocycles. The van der Waals surface area contributed by atoms with Gasteiger partial charge in [0.05, 0.1) is 40.6 Å². The second kappa shape index (κ2) is 10.4. The zero-order valence-corrected chi connectivity index (χ0v) is 22.0. The van der Waals surface area contributed by atoms with E-state index >= 15 is 4.39 Å². The molecule has 17 heteroatoms. The van der Waals surface area contributed by atoms with Crippen molar-refractivity contribution < 1.29 is 32.9 Å². The number of phosphoric acid groups is 1. The van der Waals surface area contributed by atoms with Gasteiger partial charge in [0, 0.05) is 37.8 Å². The largest absolute Gasteiger partial charge is 0.471 e. The second-order valence-electron chi connectivity index (χ2n) is 9.09. The molecule has 0 bridgehead atoms. The highest BCUT2D eigenvalue weighted by molar-refractivity contribution is 7.46. The molecule has 4 aromatic heterocycles. The number of nitrogens with zero attached hydrogens (tertiary/aromatic N) is 9. The van der Waals surface area contributed by atoms with Crippen molar-refractivity contribution in [3.8, 4) is 5.82 Å². The average molecular weight is 581 g/mol. The number of hydrogen-bond donors (Lipinski definition) is 2. The van der Waals surface area contributed by atoms with E-state index < -0.39 is 32.1 Å². The van der Waals surface area contributed by atoms with Gasteiger partial charge < -0.3 is 24.2 Å². The van der Waals surface area contributed by atoms with Gasteiger partial charge in [0.15, 0.2) is 11.6 Å². The SMILES string of the molecule is O=C(C(=O)N1CCN(c2ncnc3ccccc23)CC1)c1cn(COP(=O)(O)O)c2c(-n3ccnn3)ncc(F)c12. The Morgan fingerprint density at radius 2 is 1.83 bits per heavy atom. The molecule has 1 fully saturated rings. The number of amides is 1. The number of para-hydroxylation sites is 1. The van der Waals surface area contributed by atoms with Crippen LogP contribution in [-0.2, 0) is 20.6 Å². The van der Waals surface area contributed by atoms with Crippen LogP contribution in [0.5, 0.6) is 0 Å². The van der Waals surface area contributed by atoms with Crippen LogP contribution in [0.1, 0.15) is 10.4 Å². The Morgan fingerprint density at radius 1 is 1.05 bits per heavy atom. The molecule has 0 saturated carbocycles. The van der Waals surface area contributed by atoms with Crippen molar-refractivity contribution in [3.05, 3.63) is 66.8 Å². The molecule has 0 spiro atoms. The number of carbonyl (C=O) groups is 2. The van der Waals surface area contributed by atoms with Crippen LogP contribution in [0.3, 0.4) is 0 Å². The molecule has 1 aromatic carbocycles. The first-order valence-corrected chi connectivity index (χ1v) is 13.8. The third kappa shape index (κ3) is 5.04. The van der Waals surface area contributed by atoms with E-state index in [4.69, 9.17) is 0 Å². The lowest BCUT2D eigenvalue weighted by Gasteiger charge is -2.35. The van der Waals surface area contributed by atoms with Gasteiger partial charge in [0.25, 0.3) is 11.7 Å². The molecular formula is C24H21FN9O6P. The van der Waals surface area contributed by atoms with Crippen molar-refractivity contribution >= 4 is 47.1 Å². The summed E-state index contributed by atoms with van der Waals surface area (Å²) in [5.74, 6) is -2.05. The molecule has 5 heterocycles. The number of piperazine rings is 1. The number of rotatable bonds is 7. The molecule has 6 rings (SSSR count). The summed E-state index contributed by atoms with van der Waals surface area (Å²) in [6, 6.07) is 7.56. The fraction of sp³-hybridized carbons (Fsp3) is 0.208. The van der Waals surface area contributed by atoms with Gasteiger partial charge in [-0.25, -0.2) is 28.6 Å². The summed E-state index contributed by atoms with van der Waals surface area (Å²) < 4.78 is 33.4. The van der Waals surface area contributed by atoms with Crippen LogP contribution in [0, 0.1) is 5.82 Å². The van der Waals surface area contributed by atoms with Gasteiger partial charge in [-0.15, -0.1) is 5.10 Å². The van der Waals surface area contributed by atoms with Crippen LogP contribution >= 0.6 is 7.82 Å². The molecule has 2 N–H and O–H groups in total. The standard InChI is InChI=1S/C24H21FN9O6P/c25-17-11-26-23(34-6-5-29-30-34)20-19(17)16(12-33(20)14-40-41(37,38)39)21(35)24(36)32-9-7-31(8-10-32)22-15-3-1-2-4-18(15)27-13-28-22/h1-6,11-13H,7-10,14H2,(H2,37,38,39). The maximum absolute atomic E-state index is 15.2. The molecule has 1 saturated heterocycles. The minimum Gasteiger partial charge on any atom is -0.352 e. The van der Waals surface area contributed by atoms with Gasteiger partial charge in [-0.3, -0.25) is 14.1 Å². The molecule has 0 aliphatic carbocycles. The number of Topliss-reactive ketones (excluding diaryl/α,β-unsaturated/α-hetero) is 1. The summed E-state index contributed by atoms with van der Waals surface area (Å²) in [7, 11) is -4.94. The zero-order chi connectivity index (χ0) is 28.7. The highest BCUT2D eigenvalue weighted by Crippen LogP contribution is 2.37. The van der Waals surface area contributed by atoms with Gasteiger partial charge in [-0.1, -0.05) is 17.3 Å². The first kappa shape index (κ1) is 26.6. The number of benzene rings is 1. The van der Waals surface area contributed by atoms with E-state index in [2.05, 4.69) is 29.8 Å². The normalized spacial score (nSPS) is 14.2. The molecule has 0 radical (unpaired) electrons. The van der Waals surface area contributed by atoms with Crippen molar-refractivity contribution in [2.75, 3.05) is 31.1 Å². The summed E-state index contributed by atoms with van der Waals surface area (Å²) >= 11 is 0. The number of phosphoric ester groups is 1. The van der Waals surface area contributed by atoms with Gasteiger partial charge in [0.2, 0.25) is 0 Å². The predicted molar refractivity (Wildman–Crippen MR) is 140 cm³/mol. The Balaban J connectivity index is 1.30. The van der Waals surface area contributed by atoms with Crippen molar-refractivity contribution in [3.63, 3.8) is 0 Å². The van der Waals surface area contributed by atoms with E-state index in [9.17, 15) is 23.9 Å². The fourth-order valence-electron chi connectivity index (χ4n) is 4.80. The van der Waals surface area contributed by atoms with Gasteiger partial charge >= 0.3 is 7.82 Å². The molecule has 0 atom stereocenters. The van der Waals surface area contributed by atoms with Crippen LogP contribution in [0.2, 0.25) is 0 Å². The predicted octanol–water partition coefficient (Wildman–Crippen LogP) is 1.30. The molecule has 1 aliphatic rings. The maximum Gasteiger partial charge on any atom is 0.471 e. The smallest absolute Gasteiger partial charge is 0.352 e. The Kier molecular flexibility index (Phi) is 6.75. The summed E-state index contributed by atoms with van der Waals surface area (Å²) in [6.07, 6.45) is 6.19. The highest BCUT2D eigenvalue weighted by Gasteiger charge is 2.32. The van der Waals surface area contributed by atoms with Crippen LogP contribution in [0.15, 0.2) is 55.4 Å². The number of hydrogen-bond acceptors (Lipinski definition) is 10. The minimum atomic E-state index is -4.94. The highest BCUT2D eigenvalue weighted by atomic mass is 31.2. The van der Waals surface area contributed by atoms with Gasteiger partial charge in [-0.05, 0) is 12.1 Å². The Hall–Kier alpha value is -4.63. The van der Waals surface area contributed by atoms with Crippen LogP contribution in [-0.4, -0.2) is 87.1 Å². The Morgan fingerprint density at radius 3 is 2.56 bits per heavy atom. The number of carbonyl (C=O) groups excluding carboxylic acids is 2. The molecule has 210 valence electrons. The van der Waals surface area contributed by atoms with E-state index in [-0.39, 0.29) is 35.4 Å². The third-order valence-corrected chi connectivity index (χ3v) is 7.11. The summed E-state index contributed by atoms with van der Waals surface area (Å²) in [5.41, 5.74) is 0.400. The molecule has 1 amide bonds. The van der Waals surface area contributed by atoms with Crippen LogP contribution < -0.4 is 4.90 Å². The second-order valence-corrected chi connectivity index (χ2v) is 10.3. The average Bonchev–Trinajstić information content (AvgIpc) is 3.64. The number of ketones is 1. The molecule has 0 unspecified atom stereocenters. The first-order valence-electron chi connectivity index (χ1n) is 12.2. The zero-order valence-electron chi connectivity index (χ0n) is 21.1. The maximum atomic E-state index is 15.2. The number of anilines is 1. The number of fused-ring (bicyclic) bond motifs is 2. The Bertz CT molecular complexity index is 1830. The summed E-state index contributed by atoms with van der Waals surface area (Å²) in [6.45, 7) is 0.439. The van der Waals surface area contributed by atoms with E-state index in [1.165, 1.54) is 28.3 Å². The fourth-order valence-corrected chi connectivity index (χ4v) is 5.08. The minimum absolute atomic E-state index is 0.00500. The molecule has 15 nitrogen and oxygen atoms in total. The van der Waals surface area contributed by atoms with Gasteiger partial charge in [0.1, 0.15) is 18.9 Å². The Labute approximate surface area is 230 Å². The number of aromatic nitrogens is 7. The lowest BCUT2D eigenvalue weighted by Crippen LogP contribution is -2.51. The monoisotopic (exact) mass is 581 g/mol. The van der Waals surface area contributed by atoms with E-state index in [1.54, 1.807) is 0 Å². The van der Waals surface area contributed by atoms with Crippen LogP contribution in [0.25, 0.3) is 27.6 Å². The lowest BCUT2D eigenvalue weighted by molar-refractivity contribution is -0.126. The van der Waals surface area contributed by atoms with Crippen molar-refractivity contribution in [1.82, 2.24) is 39.4 Å². The number of pyridine rings is 1. The van der Waals surface area contributed by atoms with Gasteiger partial charge in [-0.2, -0.15) is 0 Å². The van der Waals surface area contributed by atoms with E-state index in [1.807, 2.05) is 29.2 Å². The van der Waals surface area contributed by atoms with E-state index in [0.717, 1.165) is 33.7 Å². The van der Waals surface area contributed by atoms with Crippen molar-refractivity contribution in [2.45, 2.75) is 6.73 Å². The van der Waals surface area contributed by atoms with Crippen LogP contribution in [0.4, 0.5) is 10.2 Å². The third-order valence-electron chi connectivity index (χ3n) is 6.66. The molecule has 41 heavy (non-hydrogen) atoms.